The zero-order chi connectivity index (χ0) is 11.4. The van der Waals surface area contributed by atoms with Crippen LogP contribution in [0.3, 0.4) is 0 Å². The van der Waals surface area contributed by atoms with Crippen molar-refractivity contribution in [3.63, 3.8) is 0 Å². The standard InChI is InChI=1S/C5H4ClN.C5H5N.C2H6/c6-5-3-1-2-4-7-5;1-2-4-6-5-3-1;1-2/h1-4H;1-5H;1-2H3. The van der Waals surface area contributed by atoms with Gasteiger partial charge in [0.25, 0.3) is 0 Å². The molecule has 2 aromatic heterocycles. The largest absolute Gasteiger partial charge is 0.265 e. The van der Waals surface area contributed by atoms with Crippen molar-refractivity contribution in [2.24, 2.45) is 0 Å². The summed E-state index contributed by atoms with van der Waals surface area (Å²) in [5.41, 5.74) is 0. The van der Waals surface area contributed by atoms with Gasteiger partial charge in [-0.2, -0.15) is 0 Å². The maximum atomic E-state index is 5.43. The highest BCUT2D eigenvalue weighted by molar-refractivity contribution is 6.29. The second-order valence-electron chi connectivity index (χ2n) is 2.18. The molecule has 80 valence electrons. The molecule has 0 radical (unpaired) electrons. The van der Waals surface area contributed by atoms with Crippen molar-refractivity contribution in [3.8, 4) is 0 Å². The highest BCUT2D eigenvalue weighted by atomic mass is 35.5. The third-order valence-electron chi connectivity index (χ3n) is 1.20. The number of aromatic nitrogens is 2. The first-order valence-electron chi connectivity index (χ1n) is 4.81. The number of nitrogens with zero attached hydrogens (tertiary/aromatic N) is 2. The van der Waals surface area contributed by atoms with Crippen molar-refractivity contribution in [2.45, 2.75) is 13.8 Å². The van der Waals surface area contributed by atoms with Crippen LogP contribution >= 0.6 is 11.6 Å². The molecule has 0 saturated carbocycles. The van der Waals surface area contributed by atoms with E-state index < -0.39 is 0 Å². The smallest absolute Gasteiger partial charge is 0.129 e. The topological polar surface area (TPSA) is 25.8 Å². The van der Waals surface area contributed by atoms with Crippen molar-refractivity contribution < 1.29 is 0 Å². The summed E-state index contributed by atoms with van der Waals surface area (Å²) in [4.78, 5) is 7.53. The molecule has 0 aliphatic rings. The van der Waals surface area contributed by atoms with Gasteiger partial charge < -0.3 is 0 Å². The van der Waals surface area contributed by atoms with Crippen molar-refractivity contribution in [1.29, 1.82) is 0 Å². The Morgan fingerprint density at radius 2 is 1.47 bits per heavy atom. The van der Waals surface area contributed by atoms with Crippen LogP contribution in [0.2, 0.25) is 5.15 Å². The fraction of sp³-hybridized carbons (Fsp3) is 0.167. The Bertz CT molecular complexity index is 284. The van der Waals surface area contributed by atoms with E-state index in [-0.39, 0.29) is 0 Å². The highest BCUT2D eigenvalue weighted by Gasteiger charge is 1.76. The molecule has 0 N–H and O–H groups in total. The number of hydrogen-bond acceptors (Lipinski definition) is 2. The SMILES string of the molecule is CC.Clc1ccccn1.c1ccncc1. The van der Waals surface area contributed by atoms with Crippen molar-refractivity contribution in [3.05, 3.63) is 60.1 Å². The summed E-state index contributed by atoms with van der Waals surface area (Å²) in [6.45, 7) is 4.00. The van der Waals surface area contributed by atoms with E-state index in [0.717, 1.165) is 0 Å². The molecule has 0 spiro atoms. The van der Waals surface area contributed by atoms with Gasteiger partial charge >= 0.3 is 0 Å². The molecule has 0 aromatic carbocycles. The minimum atomic E-state index is 0.544. The molecule has 0 aliphatic heterocycles. The summed E-state index contributed by atoms with van der Waals surface area (Å²) >= 11 is 5.43. The number of halogens is 1. The van der Waals surface area contributed by atoms with Crippen LogP contribution in [0.1, 0.15) is 13.8 Å². The lowest BCUT2D eigenvalue weighted by atomic mass is 10.5. The van der Waals surface area contributed by atoms with Crippen LogP contribution in [-0.4, -0.2) is 9.97 Å². The van der Waals surface area contributed by atoms with Crippen molar-refractivity contribution in [1.82, 2.24) is 9.97 Å². The fourth-order valence-corrected chi connectivity index (χ4v) is 0.784. The number of pyridine rings is 2. The summed E-state index contributed by atoms with van der Waals surface area (Å²) in [6, 6.07) is 11.1. The molecule has 0 atom stereocenters. The van der Waals surface area contributed by atoms with Crippen LogP contribution in [0.25, 0.3) is 0 Å². The Morgan fingerprint density at radius 3 is 1.67 bits per heavy atom. The van der Waals surface area contributed by atoms with Gasteiger partial charge in [0, 0.05) is 18.6 Å². The van der Waals surface area contributed by atoms with E-state index in [1.807, 2.05) is 44.2 Å². The first kappa shape index (κ1) is 13.6. The van der Waals surface area contributed by atoms with Gasteiger partial charge in [-0.3, -0.25) is 4.98 Å². The lowest BCUT2D eigenvalue weighted by Crippen LogP contribution is -1.65. The average Bonchev–Trinajstić information content (AvgIpc) is 2.36. The van der Waals surface area contributed by atoms with Crippen molar-refractivity contribution in [2.75, 3.05) is 0 Å². The second-order valence-corrected chi connectivity index (χ2v) is 2.56. The second kappa shape index (κ2) is 10.7. The summed E-state index contributed by atoms with van der Waals surface area (Å²) < 4.78 is 0. The van der Waals surface area contributed by atoms with Crippen LogP contribution in [0.5, 0.6) is 0 Å². The fourth-order valence-electron chi connectivity index (χ4n) is 0.655. The lowest BCUT2D eigenvalue weighted by molar-refractivity contribution is 1.33. The summed E-state index contributed by atoms with van der Waals surface area (Å²) in [7, 11) is 0. The van der Waals surface area contributed by atoms with Gasteiger partial charge in [0.2, 0.25) is 0 Å². The van der Waals surface area contributed by atoms with Gasteiger partial charge in [-0.05, 0) is 24.3 Å². The molecule has 2 nitrogen and oxygen atoms in total. The average molecular weight is 223 g/mol. The monoisotopic (exact) mass is 222 g/mol. The Kier molecular flexibility index (Phi) is 9.67. The summed E-state index contributed by atoms with van der Waals surface area (Å²) in [6.07, 6.45) is 5.16. The number of hydrogen-bond donors (Lipinski definition) is 0. The van der Waals surface area contributed by atoms with E-state index in [4.69, 9.17) is 11.6 Å². The van der Waals surface area contributed by atoms with E-state index in [2.05, 4.69) is 9.97 Å². The molecule has 15 heavy (non-hydrogen) atoms. The van der Waals surface area contributed by atoms with Crippen LogP contribution < -0.4 is 0 Å². The van der Waals surface area contributed by atoms with Gasteiger partial charge in [-0.25, -0.2) is 4.98 Å². The Morgan fingerprint density at radius 1 is 0.867 bits per heavy atom. The Labute approximate surface area is 96.0 Å². The molecular formula is C12H15ClN2. The molecule has 0 aliphatic carbocycles. The predicted octanol–water partition coefficient (Wildman–Crippen LogP) is 3.84. The Balaban J connectivity index is 0.000000227. The molecule has 0 bridgehead atoms. The molecular weight excluding hydrogens is 208 g/mol. The number of rotatable bonds is 0. The van der Waals surface area contributed by atoms with Gasteiger partial charge in [-0.1, -0.05) is 37.6 Å². The zero-order valence-corrected chi connectivity index (χ0v) is 9.72. The molecule has 2 aromatic rings. The van der Waals surface area contributed by atoms with E-state index in [1.165, 1.54) is 0 Å². The maximum Gasteiger partial charge on any atom is 0.129 e. The minimum absolute atomic E-state index is 0.544. The minimum Gasteiger partial charge on any atom is -0.265 e. The molecule has 2 heterocycles. The quantitative estimate of drug-likeness (QED) is 0.633. The molecule has 0 amide bonds. The highest BCUT2D eigenvalue weighted by Crippen LogP contribution is 1.98. The zero-order valence-electron chi connectivity index (χ0n) is 8.97. The van der Waals surface area contributed by atoms with Crippen LogP contribution in [0, 0.1) is 0 Å². The van der Waals surface area contributed by atoms with E-state index in [1.54, 1.807) is 24.7 Å². The molecule has 2 rings (SSSR count). The predicted molar refractivity (Wildman–Crippen MR) is 64.8 cm³/mol. The van der Waals surface area contributed by atoms with E-state index >= 15 is 0 Å². The molecule has 0 unspecified atom stereocenters. The van der Waals surface area contributed by atoms with Crippen molar-refractivity contribution >= 4 is 11.6 Å². The first-order valence-corrected chi connectivity index (χ1v) is 5.19. The summed E-state index contributed by atoms with van der Waals surface area (Å²) in [5.74, 6) is 0. The molecule has 3 heteroatoms. The third-order valence-corrected chi connectivity index (χ3v) is 1.42. The van der Waals surface area contributed by atoms with Crippen LogP contribution in [0.4, 0.5) is 0 Å². The Hall–Kier alpha value is -1.41. The van der Waals surface area contributed by atoms with E-state index in [9.17, 15) is 0 Å². The van der Waals surface area contributed by atoms with Crippen LogP contribution in [-0.2, 0) is 0 Å². The van der Waals surface area contributed by atoms with Gasteiger partial charge in [0.1, 0.15) is 5.15 Å². The maximum absolute atomic E-state index is 5.43. The van der Waals surface area contributed by atoms with Crippen LogP contribution in [0.15, 0.2) is 55.0 Å². The third kappa shape index (κ3) is 8.91. The van der Waals surface area contributed by atoms with Gasteiger partial charge in [0.05, 0.1) is 0 Å². The van der Waals surface area contributed by atoms with E-state index in [0.29, 0.717) is 5.15 Å². The molecule has 0 fully saturated rings. The lowest BCUT2D eigenvalue weighted by Gasteiger charge is -1.79. The summed E-state index contributed by atoms with van der Waals surface area (Å²) in [5, 5.41) is 0.544. The van der Waals surface area contributed by atoms with Gasteiger partial charge in [-0.15, -0.1) is 0 Å². The molecule has 0 saturated heterocycles. The van der Waals surface area contributed by atoms with Gasteiger partial charge in [0.15, 0.2) is 0 Å². The normalized spacial score (nSPS) is 7.67. The first-order chi connectivity index (χ1) is 7.39.